The van der Waals surface area contributed by atoms with Crippen molar-refractivity contribution in [1.82, 2.24) is 0 Å². The molecule has 12 heavy (non-hydrogen) atoms. The van der Waals surface area contributed by atoms with Gasteiger partial charge in [0.05, 0.1) is 0 Å². The molecule has 0 fully saturated rings. The molecule has 0 aromatic heterocycles. The summed E-state index contributed by atoms with van der Waals surface area (Å²) in [6.07, 6.45) is 1.39. The minimum Gasteiger partial charge on any atom is -0.281 e. The number of hydrogen-bond acceptors (Lipinski definition) is 1. The van der Waals surface area contributed by atoms with Crippen LogP contribution in [-0.4, -0.2) is 11.1 Å². The summed E-state index contributed by atoms with van der Waals surface area (Å²) in [4.78, 5) is 10.6. The lowest BCUT2D eigenvalue weighted by Crippen LogP contribution is -2.18. The van der Waals surface area contributed by atoms with Gasteiger partial charge < -0.3 is 0 Å². The molecule has 0 rings (SSSR count). The van der Waals surface area contributed by atoms with Gasteiger partial charge in [-0.05, 0) is 29.4 Å². The van der Waals surface area contributed by atoms with Gasteiger partial charge in [0, 0.05) is 12.3 Å². The van der Waals surface area contributed by atoms with Crippen LogP contribution in [-0.2, 0) is 4.79 Å². The molecule has 1 nitrogen and oxygen atoms in total. The maximum Gasteiger partial charge on any atom is 0.221 e. The number of carbonyl (C=O) groups is 1. The third-order valence-corrected chi connectivity index (χ3v) is 2.65. The van der Waals surface area contributed by atoms with Crippen molar-refractivity contribution in [2.75, 3.05) is 5.88 Å². The van der Waals surface area contributed by atoms with Crippen molar-refractivity contribution in [3.63, 3.8) is 0 Å². The zero-order chi connectivity index (χ0) is 9.78. The molecule has 0 aliphatic carbocycles. The molecule has 0 spiro atoms. The number of alkyl halides is 1. The van der Waals surface area contributed by atoms with E-state index in [-0.39, 0.29) is 10.7 Å². The highest BCUT2D eigenvalue weighted by molar-refractivity contribution is 6.63. The Kier molecular flexibility index (Phi) is 5.19. The third-order valence-electron chi connectivity index (χ3n) is 1.77. The second-order valence-corrected chi connectivity index (χ2v) is 4.86. The highest BCUT2D eigenvalue weighted by Gasteiger charge is 2.20. The summed E-state index contributed by atoms with van der Waals surface area (Å²) in [5, 5.41) is -0.257. The van der Waals surface area contributed by atoms with E-state index < -0.39 is 0 Å². The van der Waals surface area contributed by atoms with Gasteiger partial charge in [-0.15, -0.1) is 11.6 Å². The van der Waals surface area contributed by atoms with Crippen LogP contribution in [0, 0.1) is 11.3 Å². The summed E-state index contributed by atoms with van der Waals surface area (Å²) < 4.78 is 0. The van der Waals surface area contributed by atoms with Crippen LogP contribution in [0.5, 0.6) is 0 Å². The van der Waals surface area contributed by atoms with Gasteiger partial charge in [-0.2, -0.15) is 0 Å². The molecule has 0 N–H and O–H groups in total. The Labute approximate surface area is 84.4 Å². The first kappa shape index (κ1) is 12.2. The van der Waals surface area contributed by atoms with Gasteiger partial charge in [-0.25, -0.2) is 0 Å². The van der Waals surface area contributed by atoms with Crippen LogP contribution in [0.4, 0.5) is 0 Å². The quantitative estimate of drug-likeness (QED) is 0.503. The average molecular weight is 211 g/mol. The smallest absolute Gasteiger partial charge is 0.221 e. The van der Waals surface area contributed by atoms with E-state index >= 15 is 0 Å². The minimum atomic E-state index is -0.257. The molecule has 72 valence electrons. The van der Waals surface area contributed by atoms with E-state index in [9.17, 15) is 4.79 Å². The molecule has 0 heterocycles. The van der Waals surface area contributed by atoms with Crippen LogP contribution in [0.15, 0.2) is 0 Å². The molecule has 0 aliphatic rings. The molecule has 1 unspecified atom stereocenters. The van der Waals surface area contributed by atoms with Crippen molar-refractivity contribution in [2.24, 2.45) is 11.3 Å². The standard InChI is InChI=1S/C9H16Cl2O/c1-7(4-8(11)12)5-9(2,3)6-10/h7H,4-6H2,1-3H3. The topological polar surface area (TPSA) is 17.1 Å². The molecule has 0 saturated carbocycles. The summed E-state index contributed by atoms with van der Waals surface area (Å²) >= 11 is 11.0. The Morgan fingerprint density at radius 3 is 2.33 bits per heavy atom. The number of carbonyl (C=O) groups excluding carboxylic acids is 1. The van der Waals surface area contributed by atoms with Gasteiger partial charge in [0.1, 0.15) is 0 Å². The van der Waals surface area contributed by atoms with E-state index in [4.69, 9.17) is 23.2 Å². The number of hydrogen-bond donors (Lipinski definition) is 0. The molecular formula is C9H16Cl2O. The first-order valence-electron chi connectivity index (χ1n) is 4.11. The van der Waals surface area contributed by atoms with Gasteiger partial charge in [0.15, 0.2) is 0 Å². The number of halogens is 2. The van der Waals surface area contributed by atoms with E-state index in [1.807, 2.05) is 6.92 Å². The van der Waals surface area contributed by atoms with E-state index in [1.165, 1.54) is 0 Å². The Hall–Kier alpha value is 0.250. The fraction of sp³-hybridized carbons (Fsp3) is 0.889. The SMILES string of the molecule is CC(CC(=O)Cl)CC(C)(C)CCl. The van der Waals surface area contributed by atoms with Crippen LogP contribution in [0.1, 0.15) is 33.6 Å². The zero-order valence-electron chi connectivity index (χ0n) is 7.86. The van der Waals surface area contributed by atoms with Crippen LogP contribution >= 0.6 is 23.2 Å². The summed E-state index contributed by atoms with van der Waals surface area (Å²) in [6, 6.07) is 0. The van der Waals surface area contributed by atoms with Crippen molar-refractivity contribution in [3.05, 3.63) is 0 Å². The number of rotatable bonds is 5. The summed E-state index contributed by atoms with van der Waals surface area (Å²) in [7, 11) is 0. The fourth-order valence-corrected chi connectivity index (χ4v) is 1.72. The average Bonchev–Trinajstić information content (AvgIpc) is 1.84. The van der Waals surface area contributed by atoms with E-state index in [0.29, 0.717) is 18.2 Å². The highest BCUT2D eigenvalue weighted by Crippen LogP contribution is 2.28. The molecule has 3 heteroatoms. The molecule has 0 radical (unpaired) electrons. The maximum absolute atomic E-state index is 10.6. The summed E-state index contributed by atoms with van der Waals surface area (Å²) in [6.45, 7) is 6.21. The van der Waals surface area contributed by atoms with Gasteiger partial charge in [-0.1, -0.05) is 20.8 Å². The normalized spacial score (nSPS) is 14.4. The second kappa shape index (κ2) is 5.08. The molecule has 0 saturated heterocycles. The second-order valence-electron chi connectivity index (χ2n) is 4.17. The van der Waals surface area contributed by atoms with E-state index in [0.717, 1.165) is 6.42 Å². The van der Waals surface area contributed by atoms with Crippen LogP contribution in [0.25, 0.3) is 0 Å². The fourth-order valence-electron chi connectivity index (χ4n) is 1.34. The van der Waals surface area contributed by atoms with Crippen molar-refractivity contribution in [1.29, 1.82) is 0 Å². The predicted molar refractivity (Wildman–Crippen MR) is 53.8 cm³/mol. The van der Waals surface area contributed by atoms with E-state index in [2.05, 4.69) is 13.8 Å². The lowest BCUT2D eigenvalue weighted by Gasteiger charge is -2.24. The summed E-state index contributed by atoms with van der Waals surface area (Å²) in [5.74, 6) is 0.942. The monoisotopic (exact) mass is 210 g/mol. The Balaban J connectivity index is 3.83. The van der Waals surface area contributed by atoms with Crippen LogP contribution in [0.3, 0.4) is 0 Å². The molecule has 0 bridgehead atoms. The molecule has 0 aromatic carbocycles. The highest BCUT2D eigenvalue weighted by atomic mass is 35.5. The molecule has 0 aliphatic heterocycles. The van der Waals surface area contributed by atoms with Crippen LogP contribution in [0.2, 0.25) is 0 Å². The third kappa shape index (κ3) is 5.84. The molecule has 0 aromatic rings. The maximum atomic E-state index is 10.6. The molecule has 0 amide bonds. The minimum absolute atomic E-state index is 0.104. The first-order chi connectivity index (χ1) is 5.37. The van der Waals surface area contributed by atoms with E-state index in [1.54, 1.807) is 0 Å². The summed E-state index contributed by atoms with van der Waals surface area (Å²) in [5.41, 5.74) is 0.104. The first-order valence-corrected chi connectivity index (χ1v) is 5.03. The molecule has 1 atom stereocenters. The predicted octanol–water partition coefficient (Wildman–Crippen LogP) is 3.43. The van der Waals surface area contributed by atoms with Gasteiger partial charge in [-0.3, -0.25) is 4.79 Å². The molecular weight excluding hydrogens is 195 g/mol. The van der Waals surface area contributed by atoms with Crippen molar-refractivity contribution in [3.8, 4) is 0 Å². The van der Waals surface area contributed by atoms with Crippen molar-refractivity contribution < 1.29 is 4.79 Å². The zero-order valence-corrected chi connectivity index (χ0v) is 9.37. The lowest BCUT2D eigenvalue weighted by atomic mass is 9.84. The lowest BCUT2D eigenvalue weighted by molar-refractivity contribution is -0.112. The largest absolute Gasteiger partial charge is 0.281 e. The van der Waals surface area contributed by atoms with Crippen LogP contribution < -0.4 is 0 Å². The van der Waals surface area contributed by atoms with Crippen molar-refractivity contribution in [2.45, 2.75) is 33.6 Å². The van der Waals surface area contributed by atoms with Gasteiger partial charge in [0.2, 0.25) is 5.24 Å². The van der Waals surface area contributed by atoms with Crippen molar-refractivity contribution >= 4 is 28.4 Å². The van der Waals surface area contributed by atoms with Gasteiger partial charge in [0.25, 0.3) is 0 Å². The Morgan fingerprint density at radius 1 is 1.50 bits per heavy atom. The Morgan fingerprint density at radius 2 is 2.00 bits per heavy atom. The Bertz CT molecular complexity index is 155. The van der Waals surface area contributed by atoms with Gasteiger partial charge >= 0.3 is 0 Å².